The highest BCUT2D eigenvalue weighted by Gasteiger charge is 2.41. The molecule has 0 N–H and O–H groups in total. The average molecular weight is 400 g/mol. The maximum atomic E-state index is 12.6. The predicted octanol–water partition coefficient (Wildman–Crippen LogP) is 4.96. The van der Waals surface area contributed by atoms with Gasteiger partial charge in [0.05, 0.1) is 12.2 Å². The maximum absolute atomic E-state index is 12.6. The van der Waals surface area contributed by atoms with Gasteiger partial charge in [0.2, 0.25) is 5.91 Å². The van der Waals surface area contributed by atoms with Gasteiger partial charge in [0.1, 0.15) is 0 Å². The highest BCUT2D eigenvalue weighted by atomic mass is 16.5. The fraction of sp³-hybridized carbons (Fsp3) is 0.720. The molecule has 4 nitrogen and oxygen atoms in total. The molecule has 1 unspecified atom stereocenters. The minimum Gasteiger partial charge on any atom is -0.377 e. The van der Waals surface area contributed by atoms with Crippen LogP contribution in [0.25, 0.3) is 0 Å². The van der Waals surface area contributed by atoms with Crippen molar-refractivity contribution in [1.82, 2.24) is 4.90 Å². The van der Waals surface area contributed by atoms with Crippen LogP contribution in [0.4, 0.5) is 0 Å². The summed E-state index contributed by atoms with van der Waals surface area (Å²) in [6.45, 7) is 4.14. The number of rotatable bonds is 7. The van der Waals surface area contributed by atoms with E-state index in [-0.39, 0.29) is 5.60 Å². The van der Waals surface area contributed by atoms with Gasteiger partial charge in [0.25, 0.3) is 0 Å². The van der Waals surface area contributed by atoms with E-state index in [0.717, 1.165) is 64.8 Å². The van der Waals surface area contributed by atoms with Crippen LogP contribution in [0.5, 0.6) is 0 Å². The van der Waals surface area contributed by atoms with E-state index >= 15 is 0 Å². The SMILES string of the molecule is O=C(CC1CCCC1)N1CCC2(CC1)CC(CCOCc1ccccc1)CCO2. The molecule has 2 heterocycles. The Bertz CT molecular complexity index is 633. The third-order valence-corrected chi connectivity index (χ3v) is 7.34. The van der Waals surface area contributed by atoms with E-state index in [1.165, 1.54) is 31.2 Å². The molecule has 4 heteroatoms. The van der Waals surface area contributed by atoms with Gasteiger partial charge in [0, 0.05) is 32.7 Å². The van der Waals surface area contributed by atoms with Crippen LogP contribution >= 0.6 is 0 Å². The van der Waals surface area contributed by atoms with Crippen LogP contribution in [-0.2, 0) is 20.9 Å². The zero-order valence-corrected chi connectivity index (χ0v) is 17.8. The number of hydrogen-bond donors (Lipinski definition) is 0. The molecule has 1 atom stereocenters. The van der Waals surface area contributed by atoms with Crippen LogP contribution in [-0.4, -0.2) is 42.7 Å². The number of piperidine rings is 1. The first kappa shape index (κ1) is 20.9. The van der Waals surface area contributed by atoms with Gasteiger partial charge >= 0.3 is 0 Å². The molecule has 1 spiro atoms. The highest BCUT2D eigenvalue weighted by molar-refractivity contribution is 5.76. The number of benzene rings is 1. The number of amides is 1. The van der Waals surface area contributed by atoms with Crippen molar-refractivity contribution in [1.29, 1.82) is 0 Å². The summed E-state index contributed by atoms with van der Waals surface area (Å²) in [4.78, 5) is 14.8. The molecule has 4 rings (SSSR count). The van der Waals surface area contributed by atoms with Gasteiger partial charge in [-0.1, -0.05) is 43.2 Å². The Morgan fingerprint density at radius 2 is 1.83 bits per heavy atom. The van der Waals surface area contributed by atoms with Gasteiger partial charge in [-0.2, -0.15) is 0 Å². The number of carbonyl (C=O) groups is 1. The first-order chi connectivity index (χ1) is 14.2. The number of carbonyl (C=O) groups excluding carboxylic acids is 1. The second-order valence-corrected chi connectivity index (χ2v) is 9.45. The molecular formula is C25H37NO3. The number of ether oxygens (including phenoxy) is 2. The van der Waals surface area contributed by atoms with E-state index in [1.807, 2.05) is 6.07 Å². The summed E-state index contributed by atoms with van der Waals surface area (Å²) >= 11 is 0. The van der Waals surface area contributed by atoms with Gasteiger partial charge in [-0.3, -0.25) is 4.79 Å². The number of nitrogens with zero attached hydrogens (tertiary/aromatic N) is 1. The Morgan fingerprint density at radius 1 is 1.07 bits per heavy atom. The van der Waals surface area contributed by atoms with Crippen LogP contribution in [0.3, 0.4) is 0 Å². The third-order valence-electron chi connectivity index (χ3n) is 7.34. The first-order valence-corrected chi connectivity index (χ1v) is 11.8. The van der Waals surface area contributed by atoms with E-state index in [9.17, 15) is 4.79 Å². The Balaban J connectivity index is 1.17. The molecule has 1 aliphatic carbocycles. The molecule has 1 aromatic carbocycles. The van der Waals surface area contributed by atoms with Gasteiger partial charge < -0.3 is 14.4 Å². The lowest BCUT2D eigenvalue weighted by Gasteiger charge is -2.46. The van der Waals surface area contributed by atoms with E-state index < -0.39 is 0 Å². The molecule has 1 amide bonds. The fourth-order valence-corrected chi connectivity index (χ4v) is 5.49. The molecule has 2 saturated heterocycles. The van der Waals surface area contributed by atoms with Gasteiger partial charge in [-0.05, 0) is 62.3 Å². The topological polar surface area (TPSA) is 38.8 Å². The lowest BCUT2D eigenvalue weighted by Crippen LogP contribution is -2.51. The molecule has 29 heavy (non-hydrogen) atoms. The normalized spacial score (nSPS) is 24.8. The lowest BCUT2D eigenvalue weighted by atomic mass is 9.78. The lowest BCUT2D eigenvalue weighted by molar-refractivity contribution is -0.148. The number of hydrogen-bond acceptors (Lipinski definition) is 3. The molecule has 0 bridgehead atoms. The highest BCUT2D eigenvalue weighted by Crippen LogP contribution is 2.39. The van der Waals surface area contributed by atoms with Crippen molar-refractivity contribution in [3.05, 3.63) is 35.9 Å². The quantitative estimate of drug-likeness (QED) is 0.608. The molecule has 3 fully saturated rings. The molecule has 160 valence electrons. The molecular weight excluding hydrogens is 362 g/mol. The van der Waals surface area contributed by atoms with Crippen LogP contribution in [0, 0.1) is 11.8 Å². The summed E-state index contributed by atoms with van der Waals surface area (Å²) in [6.07, 6.45) is 11.3. The van der Waals surface area contributed by atoms with Crippen LogP contribution in [0.1, 0.15) is 69.8 Å². The number of likely N-dealkylation sites (tertiary alicyclic amines) is 1. The standard InChI is InChI=1S/C25H37NO3/c27-24(18-21-6-4-5-7-21)26-14-12-25(13-15-26)19-22(11-17-29-25)10-16-28-20-23-8-2-1-3-9-23/h1-3,8-9,21-22H,4-7,10-20H2. The zero-order valence-electron chi connectivity index (χ0n) is 17.8. The van der Waals surface area contributed by atoms with E-state index in [2.05, 4.69) is 29.2 Å². The van der Waals surface area contributed by atoms with Gasteiger partial charge in [-0.15, -0.1) is 0 Å². The predicted molar refractivity (Wildman–Crippen MR) is 115 cm³/mol. The van der Waals surface area contributed by atoms with Crippen molar-refractivity contribution in [3.8, 4) is 0 Å². The van der Waals surface area contributed by atoms with Crippen molar-refractivity contribution in [2.24, 2.45) is 11.8 Å². The minimum absolute atomic E-state index is 0.00643. The first-order valence-electron chi connectivity index (χ1n) is 11.8. The largest absolute Gasteiger partial charge is 0.377 e. The van der Waals surface area contributed by atoms with Crippen molar-refractivity contribution in [3.63, 3.8) is 0 Å². The van der Waals surface area contributed by atoms with Crippen molar-refractivity contribution >= 4 is 5.91 Å². The molecule has 0 radical (unpaired) electrons. The Hall–Kier alpha value is -1.39. The van der Waals surface area contributed by atoms with Crippen LogP contribution in [0.15, 0.2) is 30.3 Å². The van der Waals surface area contributed by atoms with Crippen LogP contribution < -0.4 is 0 Å². The van der Waals surface area contributed by atoms with Gasteiger partial charge in [0.15, 0.2) is 0 Å². The monoisotopic (exact) mass is 399 g/mol. The van der Waals surface area contributed by atoms with Crippen LogP contribution in [0.2, 0.25) is 0 Å². The second-order valence-electron chi connectivity index (χ2n) is 9.45. The summed E-state index contributed by atoms with van der Waals surface area (Å²) < 4.78 is 12.2. The molecule has 3 aliphatic rings. The Kier molecular flexibility index (Phi) is 7.25. The Labute approximate surface area is 175 Å². The van der Waals surface area contributed by atoms with Gasteiger partial charge in [-0.25, -0.2) is 0 Å². The average Bonchev–Trinajstić information content (AvgIpc) is 3.26. The molecule has 2 aliphatic heterocycles. The minimum atomic E-state index is 0.00643. The molecule has 1 saturated carbocycles. The van der Waals surface area contributed by atoms with E-state index in [0.29, 0.717) is 24.3 Å². The summed E-state index contributed by atoms with van der Waals surface area (Å²) in [5.41, 5.74) is 1.25. The zero-order chi connectivity index (χ0) is 19.9. The van der Waals surface area contributed by atoms with Crippen molar-refractivity contribution in [2.75, 3.05) is 26.3 Å². The smallest absolute Gasteiger partial charge is 0.222 e. The Morgan fingerprint density at radius 3 is 2.59 bits per heavy atom. The van der Waals surface area contributed by atoms with Crippen molar-refractivity contribution < 1.29 is 14.3 Å². The van der Waals surface area contributed by atoms with E-state index in [1.54, 1.807) is 0 Å². The molecule has 1 aromatic rings. The summed E-state index contributed by atoms with van der Waals surface area (Å²) in [6, 6.07) is 10.4. The fourth-order valence-electron chi connectivity index (χ4n) is 5.49. The van der Waals surface area contributed by atoms with E-state index in [4.69, 9.17) is 9.47 Å². The third kappa shape index (κ3) is 5.82. The summed E-state index contributed by atoms with van der Waals surface area (Å²) in [5.74, 6) is 1.71. The van der Waals surface area contributed by atoms with Crippen molar-refractivity contribution in [2.45, 2.75) is 76.4 Å². The molecule has 0 aromatic heterocycles. The maximum Gasteiger partial charge on any atom is 0.222 e. The second kappa shape index (κ2) is 10.1. The summed E-state index contributed by atoms with van der Waals surface area (Å²) in [7, 11) is 0. The summed E-state index contributed by atoms with van der Waals surface area (Å²) in [5, 5.41) is 0.